The molecule has 3 heterocycles. The Morgan fingerprint density at radius 3 is 2.85 bits per heavy atom. The number of rotatable bonds is 3. The number of hydrogen-bond donors (Lipinski definition) is 1. The predicted molar refractivity (Wildman–Crippen MR) is 78.3 cm³/mol. The van der Waals surface area contributed by atoms with Crippen molar-refractivity contribution in [3.63, 3.8) is 0 Å². The molecule has 106 valence electrons. The van der Waals surface area contributed by atoms with Crippen LogP contribution < -0.4 is 5.32 Å². The summed E-state index contributed by atoms with van der Waals surface area (Å²) in [6, 6.07) is 0.310. The van der Waals surface area contributed by atoms with E-state index in [0.29, 0.717) is 12.0 Å². The molecule has 0 radical (unpaired) electrons. The highest BCUT2D eigenvalue weighted by atomic mass is 79.9. The van der Waals surface area contributed by atoms with E-state index in [1.165, 1.54) is 0 Å². The van der Waals surface area contributed by atoms with Crippen LogP contribution in [-0.4, -0.2) is 32.2 Å². The molecule has 3 rings (SSSR count). The van der Waals surface area contributed by atoms with E-state index in [-0.39, 0.29) is 6.10 Å². The summed E-state index contributed by atoms with van der Waals surface area (Å²) in [5, 5.41) is 3.37. The van der Waals surface area contributed by atoms with E-state index >= 15 is 0 Å². The summed E-state index contributed by atoms with van der Waals surface area (Å²) in [5.74, 6) is 0.656. The number of aryl methyl sites for hydroxylation is 1. The first-order valence-electron chi connectivity index (χ1n) is 6.54. The molecule has 6 nitrogen and oxygen atoms in total. The Bertz CT molecular complexity index is 570. The van der Waals surface area contributed by atoms with E-state index in [9.17, 15) is 0 Å². The van der Waals surface area contributed by atoms with Gasteiger partial charge in [0.2, 0.25) is 5.95 Å². The highest BCUT2D eigenvalue weighted by Crippen LogP contribution is 2.28. The van der Waals surface area contributed by atoms with Crippen LogP contribution in [0.3, 0.4) is 0 Å². The van der Waals surface area contributed by atoms with Crippen molar-refractivity contribution in [1.82, 2.24) is 19.5 Å². The number of halogens is 1. The van der Waals surface area contributed by atoms with Gasteiger partial charge < -0.3 is 14.6 Å². The average Bonchev–Trinajstić information content (AvgIpc) is 2.88. The lowest BCUT2D eigenvalue weighted by atomic mass is 10.0. The summed E-state index contributed by atoms with van der Waals surface area (Å²) in [6.45, 7) is 0.726. The maximum atomic E-state index is 5.84. The molecule has 1 fully saturated rings. The van der Waals surface area contributed by atoms with Crippen molar-refractivity contribution in [2.75, 3.05) is 11.9 Å². The lowest BCUT2D eigenvalue weighted by Crippen LogP contribution is -2.31. The van der Waals surface area contributed by atoms with Gasteiger partial charge in [0.25, 0.3) is 0 Å². The van der Waals surface area contributed by atoms with Gasteiger partial charge in [-0.3, -0.25) is 0 Å². The molecule has 2 aromatic rings. The Hall–Kier alpha value is -1.47. The quantitative estimate of drug-likeness (QED) is 0.930. The Morgan fingerprint density at radius 1 is 1.35 bits per heavy atom. The number of nitrogens with one attached hydrogen (secondary N) is 1. The van der Waals surface area contributed by atoms with Gasteiger partial charge >= 0.3 is 0 Å². The molecule has 0 amide bonds. The maximum absolute atomic E-state index is 5.84. The van der Waals surface area contributed by atoms with Crippen LogP contribution in [0.15, 0.2) is 29.4 Å². The lowest BCUT2D eigenvalue weighted by molar-refractivity contribution is 0.00549. The van der Waals surface area contributed by atoms with Crippen molar-refractivity contribution in [2.24, 2.45) is 7.05 Å². The van der Waals surface area contributed by atoms with Crippen molar-refractivity contribution in [1.29, 1.82) is 0 Å². The van der Waals surface area contributed by atoms with E-state index in [1.807, 2.05) is 17.8 Å². The fraction of sp³-hybridized carbons (Fsp3) is 0.462. The van der Waals surface area contributed by atoms with Gasteiger partial charge in [-0.2, -0.15) is 0 Å². The highest BCUT2D eigenvalue weighted by Gasteiger charge is 2.26. The summed E-state index contributed by atoms with van der Waals surface area (Å²) in [4.78, 5) is 12.6. The van der Waals surface area contributed by atoms with Crippen LogP contribution in [0.1, 0.15) is 24.6 Å². The highest BCUT2D eigenvalue weighted by molar-refractivity contribution is 9.10. The number of imidazole rings is 1. The SMILES string of the molecule is Cn1cncc1[C@@H]1C[C@@H](Nc2ncc(Br)cn2)CCO1. The van der Waals surface area contributed by atoms with Gasteiger partial charge in [0.05, 0.1) is 22.7 Å². The molecule has 20 heavy (non-hydrogen) atoms. The minimum atomic E-state index is 0.0733. The number of ether oxygens (including phenoxy) is 1. The van der Waals surface area contributed by atoms with Crippen molar-refractivity contribution < 1.29 is 4.74 Å². The largest absolute Gasteiger partial charge is 0.372 e. The predicted octanol–water partition coefficient (Wildman–Crippen LogP) is 2.30. The molecule has 2 aromatic heterocycles. The second-order valence-corrected chi connectivity index (χ2v) is 5.80. The Labute approximate surface area is 125 Å². The van der Waals surface area contributed by atoms with Gasteiger partial charge in [0.1, 0.15) is 6.10 Å². The lowest BCUT2D eigenvalue weighted by Gasteiger charge is -2.30. The van der Waals surface area contributed by atoms with Crippen molar-refractivity contribution >= 4 is 21.9 Å². The normalized spacial score (nSPS) is 22.7. The van der Waals surface area contributed by atoms with Gasteiger partial charge in [0.15, 0.2) is 0 Å². The standard InChI is InChI=1S/C13H16BrN5O/c1-19-8-15-7-11(19)12-4-10(2-3-20-12)18-13-16-5-9(14)6-17-13/h5-8,10,12H,2-4H2,1H3,(H,16,17,18)/t10-,12-/m0/s1. The first-order valence-corrected chi connectivity index (χ1v) is 7.33. The van der Waals surface area contributed by atoms with Crippen LogP contribution >= 0.6 is 15.9 Å². The second-order valence-electron chi connectivity index (χ2n) is 4.88. The van der Waals surface area contributed by atoms with Gasteiger partial charge in [-0.15, -0.1) is 0 Å². The summed E-state index contributed by atoms with van der Waals surface area (Å²) in [5.41, 5.74) is 1.10. The van der Waals surface area contributed by atoms with Gasteiger partial charge in [0, 0.05) is 32.1 Å². The van der Waals surface area contributed by atoms with Crippen molar-refractivity contribution in [2.45, 2.75) is 25.0 Å². The molecule has 1 aliphatic heterocycles. The third kappa shape index (κ3) is 2.99. The Morgan fingerprint density at radius 2 is 2.15 bits per heavy atom. The fourth-order valence-corrected chi connectivity index (χ4v) is 2.59. The van der Waals surface area contributed by atoms with E-state index in [0.717, 1.165) is 29.6 Å². The van der Waals surface area contributed by atoms with Crippen molar-refractivity contribution in [3.8, 4) is 0 Å². The van der Waals surface area contributed by atoms with Gasteiger partial charge in [-0.1, -0.05) is 0 Å². The minimum Gasteiger partial charge on any atom is -0.372 e. The molecular weight excluding hydrogens is 322 g/mol. The molecule has 1 saturated heterocycles. The summed E-state index contributed by atoms with van der Waals surface area (Å²) in [6.07, 6.45) is 9.06. The summed E-state index contributed by atoms with van der Waals surface area (Å²) in [7, 11) is 1.99. The smallest absolute Gasteiger partial charge is 0.222 e. The van der Waals surface area contributed by atoms with Crippen molar-refractivity contribution in [3.05, 3.63) is 35.1 Å². The molecule has 2 atom stereocenters. The van der Waals surface area contributed by atoms with Crippen LogP contribution in [-0.2, 0) is 11.8 Å². The number of anilines is 1. The molecular formula is C13H16BrN5O. The molecule has 0 unspecified atom stereocenters. The Kier molecular flexibility index (Phi) is 3.98. The second kappa shape index (κ2) is 5.88. The zero-order valence-corrected chi connectivity index (χ0v) is 12.7. The molecule has 1 N–H and O–H groups in total. The topological polar surface area (TPSA) is 64.9 Å². The molecule has 0 aliphatic carbocycles. The molecule has 0 bridgehead atoms. The van der Waals surface area contributed by atoms with Crippen LogP contribution in [0, 0.1) is 0 Å². The summed E-state index contributed by atoms with van der Waals surface area (Å²) >= 11 is 3.33. The zero-order chi connectivity index (χ0) is 13.9. The number of hydrogen-bond acceptors (Lipinski definition) is 5. The van der Waals surface area contributed by atoms with Crippen LogP contribution in [0.4, 0.5) is 5.95 Å². The Balaban J connectivity index is 1.66. The van der Waals surface area contributed by atoms with E-state index < -0.39 is 0 Å². The minimum absolute atomic E-state index is 0.0733. The molecule has 0 aromatic carbocycles. The summed E-state index contributed by atoms with van der Waals surface area (Å²) < 4.78 is 8.72. The van der Waals surface area contributed by atoms with E-state index in [1.54, 1.807) is 18.7 Å². The number of aromatic nitrogens is 4. The third-order valence-corrected chi connectivity index (χ3v) is 3.83. The monoisotopic (exact) mass is 337 g/mol. The van der Waals surface area contributed by atoms with Gasteiger partial charge in [-0.05, 0) is 28.8 Å². The maximum Gasteiger partial charge on any atom is 0.222 e. The molecule has 7 heteroatoms. The first kappa shape index (κ1) is 13.5. The van der Waals surface area contributed by atoms with Crippen LogP contribution in [0.5, 0.6) is 0 Å². The molecule has 0 spiro atoms. The van der Waals surface area contributed by atoms with E-state index in [4.69, 9.17) is 4.74 Å². The molecule has 1 aliphatic rings. The fourth-order valence-electron chi connectivity index (χ4n) is 2.38. The molecule has 0 saturated carbocycles. The number of nitrogens with zero attached hydrogens (tertiary/aromatic N) is 4. The average molecular weight is 338 g/mol. The third-order valence-electron chi connectivity index (χ3n) is 3.42. The first-order chi connectivity index (χ1) is 9.72. The van der Waals surface area contributed by atoms with Gasteiger partial charge in [-0.25, -0.2) is 15.0 Å². The van der Waals surface area contributed by atoms with Crippen LogP contribution in [0.2, 0.25) is 0 Å². The van der Waals surface area contributed by atoms with E-state index in [2.05, 4.69) is 36.2 Å². The van der Waals surface area contributed by atoms with Crippen LogP contribution in [0.25, 0.3) is 0 Å². The zero-order valence-electron chi connectivity index (χ0n) is 11.2.